The molecule has 4 aromatic carbocycles. The van der Waals surface area contributed by atoms with Crippen LogP contribution in [0.4, 0.5) is 0 Å². The minimum absolute atomic E-state index is 0. The number of benzene rings is 4. The first-order chi connectivity index (χ1) is 38.1. The van der Waals surface area contributed by atoms with E-state index >= 15 is 0 Å². The minimum Gasteiger partial charge on any atom is -0.744 e. The van der Waals surface area contributed by atoms with Crippen LogP contribution in [0.3, 0.4) is 0 Å². The van der Waals surface area contributed by atoms with Crippen molar-refractivity contribution in [2.75, 3.05) is 26.4 Å². The maximum atomic E-state index is 13.2. The molecule has 0 spiro atoms. The molecule has 0 N–H and O–H groups in total. The molecule has 84 heavy (non-hydrogen) atoms. The number of ether oxygens (including phenoxy) is 4. The Bertz CT molecular complexity index is 2600. The minimum atomic E-state index is -5.26. The van der Waals surface area contributed by atoms with E-state index in [4.69, 9.17) is 18.9 Å². The van der Waals surface area contributed by atoms with Gasteiger partial charge in [0, 0.05) is 70.2 Å². The van der Waals surface area contributed by atoms with Crippen LogP contribution < -0.4 is 137 Å². The number of unbranched alkanes of at least 4 members (excludes halogenated alkanes) is 20. The Morgan fingerprint density at radius 2 is 0.417 bits per heavy atom. The molecule has 0 saturated carbocycles. The molecule has 4 aromatic rings. The summed E-state index contributed by atoms with van der Waals surface area (Å²) in [5, 5.41) is 0. The second-order valence-corrected chi connectivity index (χ2v) is 26.8. The largest absolute Gasteiger partial charge is 1.00 e. The van der Waals surface area contributed by atoms with E-state index in [0.717, 1.165) is 177 Å². The summed E-state index contributed by atoms with van der Waals surface area (Å²) in [5.41, 5.74) is 0.651. The Balaban J connectivity index is 0.00000882. The third kappa shape index (κ3) is 27.3. The van der Waals surface area contributed by atoms with Gasteiger partial charge < -0.3 is 37.2 Å². The summed E-state index contributed by atoms with van der Waals surface area (Å²) in [6, 6.07) is 9.03. The van der Waals surface area contributed by atoms with E-state index < -0.39 is 60.1 Å². The fourth-order valence-electron chi connectivity index (χ4n) is 10.3. The van der Waals surface area contributed by atoms with Crippen LogP contribution in [0.15, 0.2) is 68.1 Å². The fraction of sp³-hybridized carbons (Fsp3) is 0.600. The Hall–Kier alpha value is -0.280. The zero-order valence-corrected chi connectivity index (χ0v) is 62.7. The van der Waals surface area contributed by atoms with Crippen molar-refractivity contribution >= 4 is 40.5 Å². The van der Waals surface area contributed by atoms with Gasteiger partial charge in [-0.2, -0.15) is 0 Å². The van der Waals surface area contributed by atoms with Crippen molar-refractivity contribution in [2.24, 2.45) is 0 Å². The van der Waals surface area contributed by atoms with Gasteiger partial charge in [-0.05, 0) is 74.2 Å². The molecule has 8 bridgehead atoms. The molecule has 0 radical (unpaired) electrons. The molecule has 16 nitrogen and oxygen atoms in total. The van der Waals surface area contributed by atoms with Crippen molar-refractivity contribution in [2.45, 2.75) is 227 Å². The monoisotopic (exact) mass is 1280 g/mol. The molecular formula is C60H84Na4O16S4. The fourth-order valence-corrected chi connectivity index (χ4v) is 12.6. The SMILES string of the molecule is CCCCCCCCOc1c2cc(S(=O)(=O)[O-])cc1Cc1cc(S(=O)(=O)[O-])cc(c1OCCCCCCCC)Cc1cc(S(=O)(=O)[O-])cc(c1OCCCCCCCC)Cc1cc(S(=O)(=O)[O-])cc(c1OCCCCCCCC)C2.[Na+].[Na+].[Na+].[Na+]. The predicted octanol–water partition coefficient (Wildman–Crippen LogP) is 0.953. The van der Waals surface area contributed by atoms with Crippen LogP contribution in [0.5, 0.6) is 23.0 Å². The molecule has 24 heteroatoms. The van der Waals surface area contributed by atoms with Crippen molar-refractivity contribution < 1.29 is 189 Å². The van der Waals surface area contributed by atoms with Crippen molar-refractivity contribution in [1.82, 2.24) is 0 Å². The molecule has 0 aromatic heterocycles. The first kappa shape index (κ1) is 81.7. The van der Waals surface area contributed by atoms with E-state index in [1.54, 1.807) is 0 Å². The molecule has 1 aliphatic rings. The first-order valence-electron chi connectivity index (χ1n) is 29.1. The summed E-state index contributed by atoms with van der Waals surface area (Å²) in [6.45, 7) is 8.87. The van der Waals surface area contributed by atoms with Gasteiger partial charge in [0.2, 0.25) is 0 Å². The van der Waals surface area contributed by atoms with Gasteiger partial charge in [-0.15, -0.1) is 0 Å². The van der Waals surface area contributed by atoms with E-state index in [1.165, 1.54) is 0 Å². The molecule has 0 aliphatic heterocycles. The molecule has 0 atom stereocenters. The second-order valence-electron chi connectivity index (χ2n) is 21.3. The Morgan fingerprint density at radius 1 is 0.274 bits per heavy atom. The van der Waals surface area contributed by atoms with Crippen LogP contribution >= 0.6 is 0 Å². The number of hydrogen-bond donors (Lipinski definition) is 0. The molecule has 0 heterocycles. The number of hydrogen-bond acceptors (Lipinski definition) is 16. The Kier molecular flexibility index (Phi) is 40.1. The molecule has 1 aliphatic carbocycles. The summed E-state index contributed by atoms with van der Waals surface area (Å²) in [4.78, 5) is -2.75. The molecular weight excluding hydrogens is 1200 g/mol. The van der Waals surface area contributed by atoms with Crippen LogP contribution in [-0.2, 0) is 66.2 Å². The van der Waals surface area contributed by atoms with Crippen molar-refractivity contribution in [3.8, 4) is 23.0 Å². The summed E-state index contributed by atoms with van der Waals surface area (Å²) in [7, 11) is -21.1. The summed E-state index contributed by atoms with van der Waals surface area (Å²) >= 11 is 0. The Labute approximate surface area is 591 Å². The van der Waals surface area contributed by atoms with E-state index in [2.05, 4.69) is 27.7 Å². The molecule has 5 rings (SSSR count). The van der Waals surface area contributed by atoms with Crippen molar-refractivity contribution in [1.29, 1.82) is 0 Å². The van der Waals surface area contributed by atoms with Crippen LogP contribution in [0.1, 0.15) is 226 Å². The van der Waals surface area contributed by atoms with Gasteiger partial charge in [0.15, 0.2) is 0 Å². The maximum Gasteiger partial charge on any atom is 1.00 e. The van der Waals surface area contributed by atoms with Crippen molar-refractivity contribution in [3.63, 3.8) is 0 Å². The summed E-state index contributed by atoms with van der Waals surface area (Å²) < 4.78 is 185. The second kappa shape index (κ2) is 41.3. The van der Waals surface area contributed by atoms with E-state index in [1.807, 2.05) is 0 Å². The third-order valence-corrected chi connectivity index (χ3v) is 17.8. The van der Waals surface area contributed by atoms with Gasteiger partial charge in [0.05, 0.1) is 46.0 Å². The van der Waals surface area contributed by atoms with Gasteiger partial charge in [0.25, 0.3) is 0 Å². The van der Waals surface area contributed by atoms with Gasteiger partial charge in [-0.1, -0.05) is 156 Å². The van der Waals surface area contributed by atoms with E-state index in [-0.39, 0.29) is 238 Å². The van der Waals surface area contributed by atoms with Crippen LogP contribution in [-0.4, -0.2) is 78.3 Å². The Morgan fingerprint density at radius 3 is 0.560 bits per heavy atom. The molecule has 0 fully saturated rings. The smallest absolute Gasteiger partial charge is 0.744 e. The molecule has 0 saturated heterocycles. The normalized spacial score (nSPS) is 12.5. The molecule has 0 unspecified atom stereocenters. The van der Waals surface area contributed by atoms with E-state index in [0.29, 0.717) is 25.7 Å². The average molecular weight is 1280 g/mol. The summed E-state index contributed by atoms with van der Waals surface area (Å²) in [6.07, 6.45) is 19.8. The van der Waals surface area contributed by atoms with Gasteiger partial charge in [0.1, 0.15) is 63.5 Å². The van der Waals surface area contributed by atoms with Crippen molar-refractivity contribution in [3.05, 3.63) is 93.0 Å². The van der Waals surface area contributed by atoms with Gasteiger partial charge in [-0.3, -0.25) is 0 Å². The summed E-state index contributed by atoms with van der Waals surface area (Å²) in [5.74, 6) is 0.376. The number of fused-ring (bicyclic) bond motifs is 8. The topological polar surface area (TPSA) is 266 Å². The zero-order chi connectivity index (χ0) is 58.4. The maximum absolute atomic E-state index is 13.2. The van der Waals surface area contributed by atoms with Gasteiger partial charge in [-0.25, -0.2) is 33.7 Å². The quantitative estimate of drug-likeness (QED) is 0.0307. The predicted molar refractivity (Wildman–Crippen MR) is 304 cm³/mol. The first-order valence-corrected chi connectivity index (χ1v) is 34.7. The molecule has 448 valence electrons. The van der Waals surface area contributed by atoms with E-state index in [9.17, 15) is 51.9 Å². The van der Waals surface area contributed by atoms with Crippen LogP contribution in [0.25, 0.3) is 0 Å². The zero-order valence-electron chi connectivity index (χ0n) is 51.4. The standard InChI is InChI=1S/C60H88O16S4.4Na/c1-5-9-13-17-21-25-29-73-57-45-33-47-39-54(78(64,65)66)41-49(58(47)74-30-26-22-18-14-10-6-2)35-51-43-56(80(70,71)72)44-52(60(51)76-32-28-24-20-16-12-8-4)36-50-42-55(79(67,68)69)40-48(34-46(57)38-53(37-45)77(61,62)63)59(50)75-31-27-23-19-15-11-7-3;;;;/h37-44H,5-36H2,1-4H3,(H,61,62,63)(H,64,65,66)(H,67,68,69)(H,70,71,72);;;;/q;4*+1/p-4. The number of rotatable bonds is 36. The average Bonchev–Trinajstić information content (AvgIpc) is 3.38. The van der Waals surface area contributed by atoms with Crippen LogP contribution in [0, 0.1) is 0 Å². The van der Waals surface area contributed by atoms with Crippen LogP contribution in [0.2, 0.25) is 0 Å². The third-order valence-electron chi connectivity index (χ3n) is 14.5. The molecule has 0 amide bonds. The van der Waals surface area contributed by atoms with Gasteiger partial charge >= 0.3 is 118 Å².